The third kappa shape index (κ3) is 6.16. The lowest BCUT2D eigenvalue weighted by atomic mass is 10.0. The van der Waals surface area contributed by atoms with Crippen LogP contribution < -0.4 is 19.5 Å². The molecule has 2 N–H and O–H groups in total. The lowest BCUT2D eigenvalue weighted by molar-refractivity contribution is -0.138. The quantitative estimate of drug-likeness (QED) is 0.319. The van der Waals surface area contributed by atoms with E-state index in [2.05, 4.69) is 5.32 Å². The molecular weight excluding hydrogens is 436 g/mol. The lowest BCUT2D eigenvalue weighted by Crippen LogP contribution is -2.22. The van der Waals surface area contributed by atoms with Gasteiger partial charge in [-0.2, -0.15) is 5.26 Å². The molecule has 1 unspecified atom stereocenters. The monoisotopic (exact) mass is 458 g/mol. The number of nitrogens with zero attached hydrogens (tertiary/aromatic N) is 1. The van der Waals surface area contributed by atoms with E-state index in [-0.39, 0.29) is 30.3 Å². The minimum absolute atomic E-state index is 0.110. The van der Waals surface area contributed by atoms with Crippen molar-refractivity contribution < 1.29 is 28.9 Å². The molecular formula is C26H22N2O6. The zero-order chi connectivity index (χ0) is 24.3. The Morgan fingerprint density at radius 1 is 1.12 bits per heavy atom. The summed E-state index contributed by atoms with van der Waals surface area (Å²) in [6, 6.07) is 19.7. The maximum Gasteiger partial charge on any atom is 0.330 e. The van der Waals surface area contributed by atoms with E-state index in [9.17, 15) is 14.7 Å². The zero-order valence-corrected chi connectivity index (χ0v) is 18.4. The predicted octanol–water partition coefficient (Wildman–Crippen LogP) is 4.50. The normalized spacial score (nSPS) is 10.8. The van der Waals surface area contributed by atoms with Crippen LogP contribution in [0.15, 0.2) is 73.0 Å². The van der Waals surface area contributed by atoms with Gasteiger partial charge in [0.1, 0.15) is 12.4 Å². The van der Waals surface area contributed by atoms with Gasteiger partial charge in [0.25, 0.3) is 0 Å². The van der Waals surface area contributed by atoms with Crippen molar-refractivity contribution in [3.8, 4) is 23.3 Å². The molecule has 1 atom stereocenters. The molecule has 0 radical (unpaired) electrons. The van der Waals surface area contributed by atoms with Crippen LogP contribution in [0, 0.1) is 11.3 Å². The summed E-state index contributed by atoms with van der Waals surface area (Å²) in [6.45, 7) is 2.20. The molecule has 0 saturated heterocycles. The molecule has 0 amide bonds. The van der Waals surface area contributed by atoms with Gasteiger partial charge in [0.05, 0.1) is 18.2 Å². The van der Waals surface area contributed by atoms with Crippen LogP contribution in [0.4, 0.5) is 5.69 Å². The Balaban J connectivity index is 2.04. The Labute approximate surface area is 196 Å². The van der Waals surface area contributed by atoms with Crippen molar-refractivity contribution in [1.29, 1.82) is 5.26 Å². The molecule has 0 heterocycles. The number of carbonyl (C=O) groups excluding carboxylic acids is 1. The maximum atomic E-state index is 12.3. The summed E-state index contributed by atoms with van der Waals surface area (Å²) < 4.78 is 17.0. The first-order chi connectivity index (χ1) is 16.5. The van der Waals surface area contributed by atoms with Crippen LogP contribution in [-0.4, -0.2) is 23.6 Å². The third-order valence-corrected chi connectivity index (χ3v) is 4.71. The van der Waals surface area contributed by atoms with E-state index >= 15 is 0 Å². The Morgan fingerprint density at radius 2 is 1.85 bits per heavy atom. The average Bonchev–Trinajstić information content (AvgIpc) is 2.86. The molecule has 0 bridgehead atoms. The molecule has 8 nitrogen and oxygen atoms in total. The molecule has 0 spiro atoms. The molecule has 8 heteroatoms. The van der Waals surface area contributed by atoms with Gasteiger partial charge in [0, 0.05) is 17.3 Å². The molecule has 172 valence electrons. The molecule has 0 fully saturated rings. The number of hydrogen-bond acceptors (Lipinski definition) is 7. The second-order valence-corrected chi connectivity index (χ2v) is 7.01. The highest BCUT2D eigenvalue weighted by molar-refractivity contribution is 5.81. The number of rotatable bonds is 11. The SMILES string of the molecule is CCOc1c(OC=C=O)cc(OCc2ccccc2)cc1C(Nc1ccc(C#N)cc1)C(=O)O. The van der Waals surface area contributed by atoms with Gasteiger partial charge in [0.2, 0.25) is 0 Å². The van der Waals surface area contributed by atoms with Crippen molar-refractivity contribution in [3.05, 3.63) is 89.7 Å². The van der Waals surface area contributed by atoms with Gasteiger partial charge < -0.3 is 24.6 Å². The summed E-state index contributed by atoms with van der Waals surface area (Å²) >= 11 is 0. The third-order valence-electron chi connectivity index (χ3n) is 4.71. The number of hydrogen-bond donors (Lipinski definition) is 2. The average molecular weight is 458 g/mol. The van der Waals surface area contributed by atoms with E-state index in [0.717, 1.165) is 11.8 Å². The summed E-state index contributed by atoms with van der Waals surface area (Å²) in [5.41, 5.74) is 2.08. The van der Waals surface area contributed by atoms with E-state index < -0.39 is 12.0 Å². The fraction of sp³-hybridized carbons (Fsp3) is 0.154. The lowest BCUT2D eigenvalue weighted by Gasteiger charge is -2.22. The van der Waals surface area contributed by atoms with Gasteiger partial charge in [0.15, 0.2) is 29.7 Å². The van der Waals surface area contributed by atoms with Crippen LogP contribution in [0.2, 0.25) is 0 Å². The first-order valence-corrected chi connectivity index (χ1v) is 10.4. The first kappa shape index (κ1) is 23.9. The molecule has 34 heavy (non-hydrogen) atoms. The van der Waals surface area contributed by atoms with E-state index in [1.165, 1.54) is 12.0 Å². The van der Waals surface area contributed by atoms with Crippen LogP contribution in [0.5, 0.6) is 17.2 Å². The number of aliphatic carboxylic acids is 1. The minimum atomic E-state index is -1.25. The van der Waals surface area contributed by atoms with Crippen LogP contribution in [-0.2, 0) is 16.2 Å². The highest BCUT2D eigenvalue weighted by atomic mass is 16.5. The smallest absolute Gasteiger partial charge is 0.330 e. The fourth-order valence-electron chi connectivity index (χ4n) is 3.19. The van der Waals surface area contributed by atoms with E-state index in [1.54, 1.807) is 37.3 Å². The molecule has 0 aliphatic rings. The fourth-order valence-corrected chi connectivity index (χ4v) is 3.19. The van der Waals surface area contributed by atoms with E-state index in [0.29, 0.717) is 17.0 Å². The van der Waals surface area contributed by atoms with Crippen LogP contribution in [0.1, 0.15) is 29.7 Å². The molecule has 0 aliphatic heterocycles. The van der Waals surface area contributed by atoms with Gasteiger partial charge in [-0.1, -0.05) is 30.3 Å². The number of nitrogens with one attached hydrogen (secondary N) is 1. The Bertz CT molecular complexity index is 1210. The van der Waals surface area contributed by atoms with Gasteiger partial charge in [-0.3, -0.25) is 0 Å². The van der Waals surface area contributed by atoms with Gasteiger partial charge in [-0.05, 0) is 42.8 Å². The van der Waals surface area contributed by atoms with Gasteiger partial charge >= 0.3 is 5.97 Å². The molecule has 0 saturated carbocycles. The topological polar surface area (TPSA) is 118 Å². The van der Waals surface area contributed by atoms with Crippen LogP contribution in [0.3, 0.4) is 0 Å². The van der Waals surface area contributed by atoms with Gasteiger partial charge in [-0.25, -0.2) is 9.59 Å². The highest BCUT2D eigenvalue weighted by Crippen LogP contribution is 2.41. The first-order valence-electron chi connectivity index (χ1n) is 10.4. The van der Waals surface area contributed by atoms with E-state index in [4.69, 9.17) is 19.5 Å². The van der Waals surface area contributed by atoms with Crippen LogP contribution >= 0.6 is 0 Å². The Kier molecular flexibility index (Phi) is 8.28. The number of carboxylic acid groups (broad SMARTS) is 1. The summed E-state index contributed by atoms with van der Waals surface area (Å²) in [4.78, 5) is 23.0. The number of nitriles is 1. The molecule has 3 aromatic carbocycles. The standard InChI is InChI=1S/C26H22N2O6/c1-2-32-25-22(24(26(30)31)28-20-10-8-18(16-27)9-11-20)14-21(15-23(25)33-13-12-29)34-17-19-6-4-3-5-7-19/h3-11,13-15,24,28H,2,17H2,1H3,(H,30,31). The zero-order valence-electron chi connectivity index (χ0n) is 18.4. The highest BCUT2D eigenvalue weighted by Gasteiger charge is 2.27. The summed E-state index contributed by atoms with van der Waals surface area (Å²) in [5, 5.41) is 22.0. The second kappa shape index (κ2) is 11.8. The van der Waals surface area contributed by atoms with Crippen molar-refractivity contribution in [2.75, 3.05) is 11.9 Å². The predicted molar refractivity (Wildman–Crippen MR) is 124 cm³/mol. The minimum Gasteiger partial charge on any atom is -0.490 e. The van der Waals surface area contributed by atoms with Crippen molar-refractivity contribution >= 4 is 17.6 Å². The second-order valence-electron chi connectivity index (χ2n) is 7.01. The molecule has 3 rings (SSSR count). The summed E-state index contributed by atoms with van der Waals surface area (Å²) in [6.07, 6.45) is 0.812. The largest absolute Gasteiger partial charge is 0.490 e. The molecule has 3 aromatic rings. The number of anilines is 1. The Morgan fingerprint density at radius 3 is 2.47 bits per heavy atom. The Hall–Kier alpha value is -4.73. The number of carboxylic acids is 1. The summed E-state index contributed by atoms with van der Waals surface area (Å²) in [7, 11) is 0. The van der Waals surface area contributed by atoms with Crippen molar-refractivity contribution in [1.82, 2.24) is 0 Å². The molecule has 0 aromatic heterocycles. The van der Waals surface area contributed by atoms with Crippen molar-refractivity contribution in [2.45, 2.75) is 19.6 Å². The number of benzene rings is 3. The van der Waals surface area contributed by atoms with Crippen molar-refractivity contribution in [3.63, 3.8) is 0 Å². The van der Waals surface area contributed by atoms with Crippen LogP contribution in [0.25, 0.3) is 0 Å². The number of ether oxygens (including phenoxy) is 3. The van der Waals surface area contributed by atoms with Gasteiger partial charge in [-0.15, -0.1) is 0 Å². The molecule has 0 aliphatic carbocycles. The maximum absolute atomic E-state index is 12.3. The van der Waals surface area contributed by atoms with E-state index in [1.807, 2.05) is 36.4 Å². The summed E-state index contributed by atoms with van der Waals surface area (Å²) in [5.74, 6) is 0.936. The number of carbonyl (C=O) groups is 1. The van der Waals surface area contributed by atoms with Crippen molar-refractivity contribution in [2.24, 2.45) is 0 Å².